The molecule has 28 heavy (non-hydrogen) atoms. The van der Waals surface area contributed by atoms with E-state index >= 15 is 0 Å². The molecule has 0 unspecified atom stereocenters. The van der Waals surface area contributed by atoms with Crippen molar-refractivity contribution >= 4 is 39.3 Å². The SMILES string of the molecule is CC(C)Oc1c(Cl)cccc1NC(=O)/C=C/c1ccc(S(=O)(=O)N(C)C)cc1. The molecule has 0 spiro atoms. The zero-order valence-electron chi connectivity index (χ0n) is 16.1. The summed E-state index contributed by atoms with van der Waals surface area (Å²) in [6.07, 6.45) is 2.85. The summed E-state index contributed by atoms with van der Waals surface area (Å²) in [6, 6.07) is 11.4. The first-order valence-corrected chi connectivity index (χ1v) is 10.4. The summed E-state index contributed by atoms with van der Waals surface area (Å²) >= 11 is 6.16. The van der Waals surface area contributed by atoms with Crippen LogP contribution in [0.4, 0.5) is 5.69 Å². The van der Waals surface area contributed by atoms with E-state index < -0.39 is 10.0 Å². The van der Waals surface area contributed by atoms with Gasteiger partial charge in [-0.05, 0) is 49.8 Å². The van der Waals surface area contributed by atoms with Crippen LogP contribution in [-0.4, -0.2) is 38.8 Å². The second kappa shape index (κ2) is 9.23. The van der Waals surface area contributed by atoms with Crippen LogP contribution in [0.1, 0.15) is 19.4 Å². The molecule has 0 aromatic heterocycles. The lowest BCUT2D eigenvalue weighted by Crippen LogP contribution is -2.22. The fourth-order valence-corrected chi connectivity index (χ4v) is 3.39. The minimum atomic E-state index is -3.48. The highest BCUT2D eigenvalue weighted by atomic mass is 35.5. The molecule has 0 heterocycles. The summed E-state index contributed by atoms with van der Waals surface area (Å²) < 4.78 is 31.0. The standard InChI is InChI=1S/C20H23ClN2O4S/c1-14(2)27-20-17(21)6-5-7-18(20)22-19(24)13-10-15-8-11-16(12-9-15)28(25,26)23(3)4/h5-14H,1-4H3,(H,22,24)/b13-10+. The second-order valence-corrected chi connectivity index (χ2v) is 9.02. The topological polar surface area (TPSA) is 75.7 Å². The van der Waals surface area contributed by atoms with Gasteiger partial charge in [-0.15, -0.1) is 0 Å². The molecule has 1 amide bonds. The first kappa shape index (κ1) is 21.9. The van der Waals surface area contributed by atoms with Crippen LogP contribution in [0.2, 0.25) is 5.02 Å². The Bertz CT molecular complexity index is 968. The monoisotopic (exact) mass is 422 g/mol. The van der Waals surface area contributed by atoms with Crippen LogP contribution < -0.4 is 10.1 Å². The lowest BCUT2D eigenvalue weighted by atomic mass is 10.2. The molecule has 8 heteroatoms. The summed E-state index contributed by atoms with van der Waals surface area (Å²) in [5, 5.41) is 3.15. The molecule has 0 saturated carbocycles. The summed E-state index contributed by atoms with van der Waals surface area (Å²) in [7, 11) is -0.535. The van der Waals surface area contributed by atoms with Crippen molar-refractivity contribution in [3.8, 4) is 5.75 Å². The Morgan fingerprint density at radius 1 is 1.14 bits per heavy atom. The third-order valence-corrected chi connectivity index (χ3v) is 5.79. The van der Waals surface area contributed by atoms with Gasteiger partial charge in [-0.1, -0.05) is 29.8 Å². The molecule has 0 atom stereocenters. The molecule has 0 aliphatic carbocycles. The lowest BCUT2D eigenvalue weighted by molar-refractivity contribution is -0.111. The minimum absolute atomic E-state index is 0.0944. The Morgan fingerprint density at radius 2 is 1.79 bits per heavy atom. The molecule has 150 valence electrons. The number of hydrogen-bond donors (Lipinski definition) is 1. The normalized spacial score (nSPS) is 12.0. The van der Waals surface area contributed by atoms with E-state index in [9.17, 15) is 13.2 Å². The van der Waals surface area contributed by atoms with E-state index in [-0.39, 0.29) is 16.9 Å². The molecule has 1 N–H and O–H groups in total. The number of carbonyl (C=O) groups is 1. The maximum atomic E-state index is 12.3. The third-order valence-electron chi connectivity index (χ3n) is 3.66. The van der Waals surface area contributed by atoms with E-state index in [4.69, 9.17) is 16.3 Å². The first-order valence-electron chi connectivity index (χ1n) is 8.58. The molecule has 2 aromatic carbocycles. The first-order chi connectivity index (χ1) is 13.1. The van der Waals surface area contributed by atoms with Gasteiger partial charge < -0.3 is 10.1 Å². The highest BCUT2D eigenvalue weighted by Crippen LogP contribution is 2.33. The predicted molar refractivity (Wildman–Crippen MR) is 112 cm³/mol. The number of nitrogens with one attached hydrogen (secondary N) is 1. The van der Waals surface area contributed by atoms with Crippen molar-refractivity contribution in [1.29, 1.82) is 0 Å². The maximum absolute atomic E-state index is 12.3. The van der Waals surface area contributed by atoms with Crippen LogP contribution in [0.15, 0.2) is 53.4 Å². The van der Waals surface area contributed by atoms with Gasteiger partial charge in [-0.2, -0.15) is 0 Å². The van der Waals surface area contributed by atoms with Gasteiger partial charge in [0.05, 0.1) is 21.7 Å². The molecular weight excluding hydrogens is 400 g/mol. The molecular formula is C20H23ClN2O4S. The third kappa shape index (κ3) is 5.58. The highest BCUT2D eigenvalue weighted by molar-refractivity contribution is 7.89. The van der Waals surface area contributed by atoms with Crippen LogP contribution in [0.25, 0.3) is 6.08 Å². The second-order valence-electron chi connectivity index (χ2n) is 6.46. The number of nitrogens with zero attached hydrogens (tertiary/aromatic N) is 1. The number of benzene rings is 2. The number of rotatable bonds is 7. The smallest absolute Gasteiger partial charge is 0.248 e. The van der Waals surface area contributed by atoms with Crippen LogP contribution in [0.3, 0.4) is 0 Å². The number of sulfonamides is 1. The number of halogens is 1. The zero-order valence-corrected chi connectivity index (χ0v) is 17.7. The van der Waals surface area contributed by atoms with Crippen LogP contribution in [-0.2, 0) is 14.8 Å². The van der Waals surface area contributed by atoms with Crippen molar-refractivity contribution in [2.24, 2.45) is 0 Å². The Labute approximate surface area is 170 Å². The van der Waals surface area contributed by atoms with Gasteiger partial charge in [0.2, 0.25) is 15.9 Å². The summed E-state index contributed by atoms with van der Waals surface area (Å²) in [5.41, 5.74) is 1.17. The van der Waals surface area contributed by atoms with Crippen LogP contribution in [0, 0.1) is 0 Å². The number of carbonyl (C=O) groups excluding carboxylic acids is 1. The Hall–Kier alpha value is -2.35. The van der Waals surface area contributed by atoms with Crippen molar-refractivity contribution in [2.75, 3.05) is 19.4 Å². The Balaban J connectivity index is 2.12. The van der Waals surface area contributed by atoms with Crippen LogP contribution in [0.5, 0.6) is 5.75 Å². The molecule has 0 bridgehead atoms. The summed E-state index contributed by atoms with van der Waals surface area (Å²) in [5.74, 6) is 0.0556. The van der Waals surface area contributed by atoms with Crippen molar-refractivity contribution < 1.29 is 17.9 Å². The predicted octanol–water partition coefficient (Wildman–Crippen LogP) is 4.03. The van der Waals surface area contributed by atoms with Crippen molar-refractivity contribution in [1.82, 2.24) is 4.31 Å². The molecule has 6 nitrogen and oxygen atoms in total. The molecule has 0 saturated heterocycles. The summed E-state index contributed by atoms with van der Waals surface area (Å²) in [4.78, 5) is 12.4. The van der Waals surface area contributed by atoms with E-state index in [1.807, 2.05) is 13.8 Å². The number of hydrogen-bond acceptors (Lipinski definition) is 4. The average Bonchev–Trinajstić information content (AvgIpc) is 2.63. The van der Waals surface area contributed by atoms with E-state index in [2.05, 4.69) is 5.32 Å². The Kier molecular flexibility index (Phi) is 7.23. The molecule has 2 aromatic rings. The van der Waals surface area contributed by atoms with Crippen molar-refractivity contribution in [3.05, 3.63) is 59.1 Å². The Morgan fingerprint density at radius 3 is 2.36 bits per heavy atom. The largest absolute Gasteiger partial charge is 0.487 e. The molecule has 0 fully saturated rings. The van der Waals surface area contributed by atoms with Gasteiger partial charge in [-0.25, -0.2) is 12.7 Å². The minimum Gasteiger partial charge on any atom is -0.487 e. The molecule has 0 aliphatic rings. The van der Waals surface area contributed by atoms with E-state index in [0.717, 1.165) is 4.31 Å². The number of ether oxygens (including phenoxy) is 1. The van der Waals surface area contributed by atoms with Gasteiger partial charge in [0, 0.05) is 20.2 Å². The summed E-state index contributed by atoms with van der Waals surface area (Å²) in [6.45, 7) is 3.74. The van der Waals surface area contributed by atoms with Gasteiger partial charge in [0.1, 0.15) is 0 Å². The van der Waals surface area contributed by atoms with Gasteiger partial charge in [0.15, 0.2) is 5.75 Å². The van der Waals surface area contributed by atoms with Crippen LogP contribution >= 0.6 is 11.6 Å². The number of anilines is 1. The average molecular weight is 423 g/mol. The maximum Gasteiger partial charge on any atom is 0.248 e. The van der Waals surface area contributed by atoms with Gasteiger partial charge in [0.25, 0.3) is 0 Å². The molecule has 0 aliphatic heterocycles. The van der Waals surface area contributed by atoms with Crippen molar-refractivity contribution in [2.45, 2.75) is 24.8 Å². The van der Waals surface area contributed by atoms with Gasteiger partial charge in [-0.3, -0.25) is 4.79 Å². The van der Waals surface area contributed by atoms with E-state index in [1.165, 1.54) is 32.3 Å². The van der Waals surface area contributed by atoms with Crippen molar-refractivity contribution in [3.63, 3.8) is 0 Å². The zero-order chi connectivity index (χ0) is 20.9. The number of para-hydroxylation sites is 1. The number of amides is 1. The highest BCUT2D eigenvalue weighted by Gasteiger charge is 2.16. The van der Waals surface area contributed by atoms with Gasteiger partial charge >= 0.3 is 0 Å². The van der Waals surface area contributed by atoms with E-state index in [1.54, 1.807) is 36.4 Å². The molecule has 0 radical (unpaired) electrons. The van der Waals surface area contributed by atoms with E-state index in [0.29, 0.717) is 22.0 Å². The lowest BCUT2D eigenvalue weighted by Gasteiger charge is -2.15. The molecule has 2 rings (SSSR count). The fourth-order valence-electron chi connectivity index (χ4n) is 2.27. The quantitative estimate of drug-likeness (QED) is 0.683. The fraction of sp³-hybridized carbons (Fsp3) is 0.250.